The topological polar surface area (TPSA) is 28.2 Å². The third kappa shape index (κ3) is 1.63. The molecule has 0 aliphatic carbocycles. The van der Waals surface area contributed by atoms with Crippen LogP contribution in [-0.2, 0) is 4.87 Å². The van der Waals surface area contributed by atoms with E-state index in [2.05, 4.69) is 17.3 Å². The van der Waals surface area contributed by atoms with Crippen LogP contribution in [0.5, 0.6) is 0 Å². The van der Waals surface area contributed by atoms with Gasteiger partial charge in [-0.3, -0.25) is 9.99 Å². The van der Waals surface area contributed by atoms with Crippen molar-refractivity contribution in [3.63, 3.8) is 0 Å². The lowest BCUT2D eigenvalue weighted by atomic mass is 10.2. The van der Waals surface area contributed by atoms with E-state index in [0.29, 0.717) is 0 Å². The van der Waals surface area contributed by atoms with Crippen molar-refractivity contribution in [2.75, 3.05) is 7.05 Å². The number of thiocarbonyl (C=S) groups is 1. The number of nitrogens with zero attached hydrogens (tertiary/aromatic N) is 2. The van der Waals surface area contributed by atoms with Crippen LogP contribution in [0.2, 0.25) is 0 Å². The molecule has 1 N–H and O–H groups in total. The summed E-state index contributed by atoms with van der Waals surface area (Å²) in [5.41, 5.74) is 4.29. The van der Waals surface area contributed by atoms with E-state index in [-0.39, 0.29) is 4.87 Å². The normalized spacial score (nSPS) is 27.0. The van der Waals surface area contributed by atoms with Gasteiger partial charge in [-0.2, -0.15) is 0 Å². The molecule has 0 aromatic carbocycles. The van der Waals surface area contributed by atoms with Gasteiger partial charge in [-0.15, -0.1) is 0 Å². The van der Waals surface area contributed by atoms with Gasteiger partial charge in [-0.05, 0) is 19.1 Å². The molecule has 1 aliphatic heterocycles. The average molecular weight is 225 g/mol. The fourth-order valence-electron chi connectivity index (χ4n) is 1.39. The van der Waals surface area contributed by atoms with Gasteiger partial charge in [-0.1, -0.05) is 30.0 Å². The second-order valence-electron chi connectivity index (χ2n) is 3.29. The highest BCUT2D eigenvalue weighted by molar-refractivity contribution is 8.23. The minimum Gasteiger partial charge on any atom is -0.294 e. The second kappa shape index (κ2) is 3.49. The molecule has 14 heavy (non-hydrogen) atoms. The van der Waals surface area contributed by atoms with Crippen molar-refractivity contribution in [1.82, 2.24) is 15.4 Å². The summed E-state index contributed by atoms with van der Waals surface area (Å²) in [6, 6.07) is 5.90. The Bertz CT molecular complexity index is 354. The molecule has 0 spiro atoms. The molecule has 1 fully saturated rings. The first-order valence-corrected chi connectivity index (χ1v) is 5.50. The van der Waals surface area contributed by atoms with Crippen LogP contribution in [0.1, 0.15) is 12.6 Å². The highest BCUT2D eigenvalue weighted by Gasteiger charge is 2.38. The molecule has 0 unspecified atom stereocenters. The smallest absolute Gasteiger partial charge is 0.152 e. The summed E-state index contributed by atoms with van der Waals surface area (Å²) in [5.74, 6) is 0. The van der Waals surface area contributed by atoms with Crippen molar-refractivity contribution in [2.45, 2.75) is 11.8 Å². The number of nitrogens with one attached hydrogen (secondary N) is 1. The van der Waals surface area contributed by atoms with E-state index in [1.165, 1.54) is 0 Å². The summed E-state index contributed by atoms with van der Waals surface area (Å²) in [6.45, 7) is 2.08. The Morgan fingerprint density at radius 2 is 2.36 bits per heavy atom. The Morgan fingerprint density at radius 3 is 2.86 bits per heavy atom. The van der Waals surface area contributed by atoms with E-state index in [1.807, 2.05) is 30.3 Å². The summed E-state index contributed by atoms with van der Waals surface area (Å²) in [4.78, 5) is 4.10. The van der Waals surface area contributed by atoms with E-state index in [9.17, 15) is 0 Å². The average Bonchev–Trinajstić information content (AvgIpc) is 2.44. The molecule has 1 saturated heterocycles. The summed E-state index contributed by atoms with van der Waals surface area (Å²) >= 11 is 6.80. The van der Waals surface area contributed by atoms with Gasteiger partial charge in [0.1, 0.15) is 4.87 Å². The molecule has 2 rings (SSSR count). The molecular weight excluding hydrogens is 214 g/mol. The van der Waals surface area contributed by atoms with Gasteiger partial charge in [0.15, 0.2) is 4.32 Å². The number of hydrogen-bond acceptors (Lipinski definition) is 4. The summed E-state index contributed by atoms with van der Waals surface area (Å²) < 4.78 is 0.846. The molecule has 0 radical (unpaired) electrons. The molecule has 5 heteroatoms. The van der Waals surface area contributed by atoms with Crippen LogP contribution in [0, 0.1) is 0 Å². The first-order valence-electron chi connectivity index (χ1n) is 4.28. The number of thioether (sulfide) groups is 1. The Morgan fingerprint density at radius 1 is 1.57 bits per heavy atom. The standard InChI is InChI=1S/C9H11N3S2/c1-9(7-5-3-4-6-10-7)11-12(2)8(13)14-9/h3-6,11H,1-2H3/t9-/m0/s1. The van der Waals surface area contributed by atoms with Crippen LogP contribution in [-0.4, -0.2) is 21.4 Å². The zero-order chi connectivity index (χ0) is 10.2. The van der Waals surface area contributed by atoms with Crippen molar-refractivity contribution < 1.29 is 0 Å². The van der Waals surface area contributed by atoms with Crippen LogP contribution >= 0.6 is 24.0 Å². The lowest BCUT2D eigenvalue weighted by Crippen LogP contribution is -2.39. The fourth-order valence-corrected chi connectivity index (χ4v) is 2.87. The molecule has 0 bridgehead atoms. The van der Waals surface area contributed by atoms with Crippen LogP contribution in [0.25, 0.3) is 0 Å². The van der Waals surface area contributed by atoms with Crippen molar-refractivity contribution in [1.29, 1.82) is 0 Å². The zero-order valence-corrected chi connectivity index (χ0v) is 9.65. The van der Waals surface area contributed by atoms with Crippen LogP contribution in [0.15, 0.2) is 24.4 Å². The van der Waals surface area contributed by atoms with Gasteiger partial charge in [0.05, 0.1) is 5.69 Å². The Labute approximate surface area is 92.9 Å². The number of pyridine rings is 1. The Balaban J connectivity index is 2.31. The highest BCUT2D eigenvalue weighted by atomic mass is 32.2. The first-order chi connectivity index (χ1) is 6.62. The quantitative estimate of drug-likeness (QED) is 0.735. The van der Waals surface area contributed by atoms with E-state index in [4.69, 9.17) is 12.2 Å². The molecule has 1 aromatic heterocycles. The third-order valence-electron chi connectivity index (χ3n) is 2.10. The first kappa shape index (κ1) is 9.89. The molecule has 1 aliphatic rings. The number of hydrazine groups is 1. The Hall–Kier alpha value is -0.650. The maximum absolute atomic E-state index is 5.19. The maximum Gasteiger partial charge on any atom is 0.152 e. The minimum absolute atomic E-state index is 0.229. The van der Waals surface area contributed by atoms with E-state index in [1.54, 1.807) is 18.0 Å². The monoisotopic (exact) mass is 225 g/mol. The second-order valence-corrected chi connectivity index (χ2v) is 5.34. The third-order valence-corrected chi connectivity index (χ3v) is 3.78. The van der Waals surface area contributed by atoms with Gasteiger partial charge >= 0.3 is 0 Å². The maximum atomic E-state index is 5.19. The predicted octanol–water partition coefficient (Wildman–Crippen LogP) is 1.72. The van der Waals surface area contributed by atoms with Crippen LogP contribution < -0.4 is 5.43 Å². The van der Waals surface area contributed by atoms with Crippen molar-refractivity contribution >= 4 is 28.3 Å². The summed E-state index contributed by atoms with van der Waals surface area (Å²) in [5, 5.41) is 1.86. The van der Waals surface area contributed by atoms with Crippen LogP contribution in [0.4, 0.5) is 0 Å². The molecule has 74 valence electrons. The van der Waals surface area contributed by atoms with Gasteiger partial charge in [0.25, 0.3) is 0 Å². The lowest BCUT2D eigenvalue weighted by molar-refractivity contribution is 0.316. The largest absolute Gasteiger partial charge is 0.294 e. The van der Waals surface area contributed by atoms with Gasteiger partial charge in [0, 0.05) is 13.2 Å². The van der Waals surface area contributed by atoms with E-state index >= 15 is 0 Å². The molecule has 0 amide bonds. The molecule has 0 saturated carbocycles. The van der Waals surface area contributed by atoms with Gasteiger partial charge in [0.2, 0.25) is 0 Å². The predicted molar refractivity (Wildman–Crippen MR) is 62.7 cm³/mol. The summed E-state index contributed by atoms with van der Waals surface area (Å²) in [7, 11) is 1.92. The van der Waals surface area contributed by atoms with Crippen LogP contribution in [0.3, 0.4) is 0 Å². The lowest BCUT2D eigenvalue weighted by Gasteiger charge is -2.22. The Kier molecular flexibility index (Phi) is 2.47. The van der Waals surface area contributed by atoms with Crippen molar-refractivity contribution in [3.8, 4) is 0 Å². The fraction of sp³-hybridized carbons (Fsp3) is 0.333. The van der Waals surface area contributed by atoms with Crippen molar-refractivity contribution in [3.05, 3.63) is 30.1 Å². The zero-order valence-electron chi connectivity index (χ0n) is 8.02. The number of rotatable bonds is 1. The van der Waals surface area contributed by atoms with Crippen molar-refractivity contribution in [2.24, 2.45) is 0 Å². The number of hydrogen-bond donors (Lipinski definition) is 1. The molecule has 1 aromatic rings. The highest BCUT2D eigenvalue weighted by Crippen LogP contribution is 2.38. The van der Waals surface area contributed by atoms with Gasteiger partial charge in [-0.25, -0.2) is 5.43 Å². The molecular formula is C9H11N3S2. The minimum atomic E-state index is -0.229. The van der Waals surface area contributed by atoms with E-state index in [0.717, 1.165) is 10.0 Å². The molecule has 1 atom stereocenters. The molecule has 2 heterocycles. The SMILES string of the molecule is CN1N[C@](C)(c2ccccn2)SC1=S. The van der Waals surface area contributed by atoms with E-state index < -0.39 is 0 Å². The number of aromatic nitrogens is 1. The summed E-state index contributed by atoms with van der Waals surface area (Å²) in [6.07, 6.45) is 1.80. The van der Waals surface area contributed by atoms with Gasteiger partial charge < -0.3 is 0 Å². The molecule has 3 nitrogen and oxygen atoms in total.